The Kier molecular flexibility index (Phi) is 5.62. The van der Waals surface area contributed by atoms with Crippen LogP contribution in [0.2, 0.25) is 5.02 Å². The summed E-state index contributed by atoms with van der Waals surface area (Å²) in [6.07, 6.45) is -0.650. The number of nitrogens with one attached hydrogen (secondary N) is 2. The fourth-order valence-electron chi connectivity index (χ4n) is 1.69. The molecule has 2 atom stereocenters. The van der Waals surface area contributed by atoms with Gasteiger partial charge in [0.05, 0.1) is 12.0 Å². The second-order valence-corrected chi connectivity index (χ2v) is 4.23. The summed E-state index contributed by atoms with van der Waals surface area (Å²) in [5.41, 5.74) is 0.744. The molecule has 90 valence electrons. The molecule has 0 spiro atoms. The van der Waals surface area contributed by atoms with Crippen LogP contribution in [0.25, 0.3) is 0 Å². The number of amides is 1. The van der Waals surface area contributed by atoms with Gasteiger partial charge in [0.15, 0.2) is 0 Å². The minimum Gasteiger partial charge on any atom is -0.548 e. The van der Waals surface area contributed by atoms with E-state index in [9.17, 15) is 14.7 Å². The van der Waals surface area contributed by atoms with E-state index in [2.05, 4.69) is 10.6 Å². The molecular weight excluding hydrogens is 267 g/mol. The van der Waals surface area contributed by atoms with Gasteiger partial charge in [-0.2, -0.15) is 0 Å². The normalized spacial score (nSPS) is 22.8. The monoisotopic (exact) mass is 276 g/mol. The van der Waals surface area contributed by atoms with Crippen LogP contribution >= 0.6 is 11.6 Å². The SMILES string of the molecule is O=C1C[C@@H](C(=O)[O-])NC(c2ccc(Cl)cc2)N1.[Na+]. The maximum absolute atomic E-state index is 11.4. The van der Waals surface area contributed by atoms with Gasteiger partial charge in [0.25, 0.3) is 0 Å². The second-order valence-electron chi connectivity index (χ2n) is 3.79. The molecule has 0 aromatic heterocycles. The molecule has 1 aliphatic heterocycles. The third-order valence-corrected chi connectivity index (χ3v) is 2.80. The third kappa shape index (κ3) is 3.70. The van der Waals surface area contributed by atoms with E-state index in [1.54, 1.807) is 24.3 Å². The van der Waals surface area contributed by atoms with Gasteiger partial charge in [0, 0.05) is 11.4 Å². The number of halogens is 1. The molecule has 0 radical (unpaired) electrons. The molecule has 1 aliphatic rings. The predicted molar refractivity (Wildman–Crippen MR) is 58.9 cm³/mol. The van der Waals surface area contributed by atoms with E-state index >= 15 is 0 Å². The first-order valence-electron chi connectivity index (χ1n) is 5.08. The van der Waals surface area contributed by atoms with E-state index in [1.807, 2.05) is 0 Å². The largest absolute Gasteiger partial charge is 1.00 e. The van der Waals surface area contributed by atoms with Crippen LogP contribution in [0.3, 0.4) is 0 Å². The van der Waals surface area contributed by atoms with Crippen molar-refractivity contribution < 1.29 is 44.3 Å². The fraction of sp³-hybridized carbons (Fsp3) is 0.273. The average Bonchev–Trinajstić information content (AvgIpc) is 2.29. The Hall–Kier alpha value is -0.590. The summed E-state index contributed by atoms with van der Waals surface area (Å²) in [4.78, 5) is 22.1. The van der Waals surface area contributed by atoms with Crippen LogP contribution in [0.1, 0.15) is 18.2 Å². The van der Waals surface area contributed by atoms with Crippen LogP contribution in [-0.4, -0.2) is 17.9 Å². The van der Waals surface area contributed by atoms with Crippen molar-refractivity contribution in [3.63, 3.8) is 0 Å². The van der Waals surface area contributed by atoms with Gasteiger partial charge in [-0.25, -0.2) is 0 Å². The van der Waals surface area contributed by atoms with Crippen molar-refractivity contribution in [3.05, 3.63) is 34.9 Å². The Labute approximate surface area is 131 Å². The summed E-state index contributed by atoms with van der Waals surface area (Å²) >= 11 is 5.75. The zero-order valence-electron chi connectivity index (χ0n) is 9.77. The first-order chi connectivity index (χ1) is 8.06. The molecule has 1 amide bonds. The van der Waals surface area contributed by atoms with Crippen LogP contribution in [-0.2, 0) is 9.59 Å². The molecular formula is C11H10ClN2NaO3. The van der Waals surface area contributed by atoms with Crippen molar-refractivity contribution in [2.24, 2.45) is 0 Å². The van der Waals surface area contributed by atoms with E-state index in [1.165, 1.54) is 0 Å². The van der Waals surface area contributed by atoms with Crippen LogP contribution in [0.5, 0.6) is 0 Å². The Bertz CT molecular complexity index is 452. The van der Waals surface area contributed by atoms with Crippen LogP contribution in [0, 0.1) is 0 Å². The molecule has 1 saturated heterocycles. The summed E-state index contributed by atoms with van der Waals surface area (Å²) in [7, 11) is 0. The van der Waals surface area contributed by atoms with Gasteiger partial charge in [-0.15, -0.1) is 0 Å². The number of carboxylic acid groups (broad SMARTS) is 1. The van der Waals surface area contributed by atoms with E-state index in [0.29, 0.717) is 5.02 Å². The number of carbonyl (C=O) groups is 2. The van der Waals surface area contributed by atoms with Crippen molar-refractivity contribution in [1.29, 1.82) is 0 Å². The van der Waals surface area contributed by atoms with Crippen molar-refractivity contribution in [3.8, 4) is 0 Å². The van der Waals surface area contributed by atoms with Crippen molar-refractivity contribution in [2.45, 2.75) is 18.6 Å². The minimum absolute atomic E-state index is 0. The topological polar surface area (TPSA) is 81.3 Å². The standard InChI is InChI=1S/C11H11ClN2O3.Na/c12-7-3-1-6(2-4-7)10-13-8(11(16)17)5-9(15)14-10;/h1-4,8,10,13H,5H2,(H,14,15)(H,16,17);/q;+1/p-1/t8-,10?;/m0./s1. The van der Waals surface area contributed by atoms with Gasteiger partial charge in [-0.1, -0.05) is 23.7 Å². The molecule has 0 saturated carbocycles. The Morgan fingerprint density at radius 2 is 1.94 bits per heavy atom. The number of benzene rings is 1. The van der Waals surface area contributed by atoms with Gasteiger partial charge in [0.1, 0.15) is 6.17 Å². The summed E-state index contributed by atoms with van der Waals surface area (Å²) in [6.45, 7) is 0. The van der Waals surface area contributed by atoms with Gasteiger partial charge < -0.3 is 15.2 Å². The van der Waals surface area contributed by atoms with Gasteiger partial charge in [-0.05, 0) is 17.7 Å². The van der Waals surface area contributed by atoms with Crippen LogP contribution in [0.15, 0.2) is 24.3 Å². The Morgan fingerprint density at radius 1 is 1.33 bits per heavy atom. The number of hydrogen-bond acceptors (Lipinski definition) is 4. The molecule has 1 aromatic carbocycles. The maximum atomic E-state index is 11.4. The van der Waals surface area contributed by atoms with Crippen molar-refractivity contribution >= 4 is 23.5 Å². The second kappa shape index (κ2) is 6.54. The molecule has 2 rings (SSSR count). The summed E-state index contributed by atoms with van der Waals surface area (Å²) < 4.78 is 0. The molecule has 1 unspecified atom stereocenters. The molecule has 5 nitrogen and oxygen atoms in total. The number of rotatable bonds is 2. The van der Waals surface area contributed by atoms with E-state index in [0.717, 1.165) is 5.56 Å². The number of carboxylic acids is 1. The molecule has 1 fully saturated rings. The Morgan fingerprint density at radius 3 is 2.50 bits per heavy atom. The number of carbonyl (C=O) groups excluding carboxylic acids is 2. The first-order valence-corrected chi connectivity index (χ1v) is 5.46. The van der Waals surface area contributed by atoms with E-state index in [-0.39, 0.29) is 41.9 Å². The molecule has 1 heterocycles. The van der Waals surface area contributed by atoms with E-state index in [4.69, 9.17) is 11.6 Å². The number of hydrogen-bond donors (Lipinski definition) is 2. The maximum Gasteiger partial charge on any atom is 1.00 e. The van der Waals surface area contributed by atoms with Crippen LogP contribution < -0.4 is 45.3 Å². The van der Waals surface area contributed by atoms with Crippen molar-refractivity contribution in [2.75, 3.05) is 0 Å². The molecule has 0 bridgehead atoms. The number of aliphatic carboxylic acids is 1. The summed E-state index contributed by atoms with van der Waals surface area (Å²) in [5, 5.41) is 16.8. The van der Waals surface area contributed by atoms with E-state index < -0.39 is 18.2 Å². The van der Waals surface area contributed by atoms with Crippen LogP contribution in [0.4, 0.5) is 0 Å². The van der Waals surface area contributed by atoms with Gasteiger partial charge in [0.2, 0.25) is 5.91 Å². The smallest absolute Gasteiger partial charge is 0.548 e. The quantitative estimate of drug-likeness (QED) is 0.551. The van der Waals surface area contributed by atoms with Gasteiger partial charge in [-0.3, -0.25) is 10.1 Å². The fourth-order valence-corrected chi connectivity index (χ4v) is 1.82. The molecule has 2 N–H and O–H groups in total. The zero-order valence-corrected chi connectivity index (χ0v) is 12.5. The molecule has 0 aliphatic carbocycles. The minimum atomic E-state index is -1.28. The predicted octanol–water partition coefficient (Wildman–Crippen LogP) is -3.43. The zero-order chi connectivity index (χ0) is 12.4. The van der Waals surface area contributed by atoms with Gasteiger partial charge >= 0.3 is 29.6 Å². The Balaban J connectivity index is 0.00000162. The summed E-state index contributed by atoms with van der Waals surface area (Å²) in [6, 6.07) is 5.82. The average molecular weight is 277 g/mol. The molecule has 7 heteroatoms. The third-order valence-electron chi connectivity index (χ3n) is 2.55. The summed E-state index contributed by atoms with van der Waals surface area (Å²) in [5.74, 6) is -1.60. The first kappa shape index (κ1) is 15.5. The molecule has 18 heavy (non-hydrogen) atoms. The molecule has 1 aromatic rings. The van der Waals surface area contributed by atoms with Crippen molar-refractivity contribution in [1.82, 2.24) is 10.6 Å².